The molecule has 83 heavy (non-hydrogen) atoms. The molecule has 0 unspecified atom stereocenters. The zero-order chi connectivity index (χ0) is 61.7. The molecule has 23 N–H and O–H groups in total. The summed E-state index contributed by atoms with van der Waals surface area (Å²) in [6.45, 7) is -6.16. The molecule has 0 bridgehead atoms. The predicted octanol–water partition coefficient (Wildman–Crippen LogP) is -15.5. The van der Waals surface area contributed by atoms with E-state index in [-0.39, 0.29) is 0 Å². The van der Waals surface area contributed by atoms with Crippen molar-refractivity contribution in [3.63, 3.8) is 0 Å². The van der Waals surface area contributed by atoms with Gasteiger partial charge in [0.1, 0.15) is 147 Å². The van der Waals surface area contributed by atoms with Gasteiger partial charge in [0.05, 0.1) is 51.8 Å². The van der Waals surface area contributed by atoms with Crippen molar-refractivity contribution in [3.05, 3.63) is 0 Å². The van der Waals surface area contributed by atoms with Gasteiger partial charge in [0.15, 0.2) is 31.5 Å². The Kier molecular flexibility index (Phi) is 24.5. The number of amides is 3. The fourth-order valence-electron chi connectivity index (χ4n) is 10.4. The fourth-order valence-corrected chi connectivity index (χ4v) is 10.4. The monoisotopic (exact) mass is 1220 g/mol. The molecular weight excluding hydrogens is 1140 g/mol. The van der Waals surface area contributed by atoms with Crippen LogP contribution >= 0.6 is 0 Å². The lowest BCUT2D eigenvalue weighted by Gasteiger charge is -2.53. The zero-order valence-electron chi connectivity index (χ0n) is 44.0. The molecule has 6 saturated heterocycles. The quantitative estimate of drug-likeness (QED) is 0.0452. The van der Waals surface area contributed by atoms with Crippen LogP contribution < -0.4 is 16.0 Å². The second kappa shape index (κ2) is 29.6. The van der Waals surface area contributed by atoms with Gasteiger partial charge in [-0.3, -0.25) is 14.4 Å². The molecule has 0 aromatic carbocycles. The van der Waals surface area contributed by atoms with E-state index in [1.54, 1.807) is 0 Å². The smallest absolute Gasteiger partial charge is 0.364 e. The van der Waals surface area contributed by atoms with Crippen LogP contribution in [-0.2, 0) is 71.3 Å². The fraction of sp³-hybridized carbons (Fsp3) is 0.911. The highest BCUT2D eigenvalue weighted by Crippen LogP contribution is 2.41. The van der Waals surface area contributed by atoms with Gasteiger partial charge >= 0.3 is 5.97 Å². The van der Waals surface area contributed by atoms with Crippen LogP contribution in [0.15, 0.2) is 0 Å². The van der Waals surface area contributed by atoms with Gasteiger partial charge in [-0.2, -0.15) is 0 Å². The summed E-state index contributed by atoms with van der Waals surface area (Å²) in [7, 11) is 0. The number of hydrogen-bond donors (Lipinski definition) is 23. The van der Waals surface area contributed by atoms with Crippen molar-refractivity contribution in [1.29, 1.82) is 0 Å². The Labute approximate surface area is 468 Å². The molecule has 31 atom stereocenters. The summed E-state index contributed by atoms with van der Waals surface area (Å²) < 4.78 is 63.8. The Bertz CT molecular complexity index is 2110. The molecule has 0 aromatic rings. The minimum absolute atomic E-state index is 0.805. The number of rotatable bonds is 23. The van der Waals surface area contributed by atoms with Crippen molar-refractivity contribution < 1.29 is 173 Å². The molecule has 6 aliphatic heterocycles. The molecule has 0 saturated carbocycles. The molecule has 0 spiro atoms. The van der Waals surface area contributed by atoms with Gasteiger partial charge in [0, 0.05) is 20.3 Å². The first kappa shape index (κ1) is 68.8. The van der Waals surface area contributed by atoms with Gasteiger partial charge in [-0.15, -0.1) is 0 Å². The first-order valence-electron chi connectivity index (χ1n) is 25.9. The lowest BCUT2D eigenvalue weighted by molar-refractivity contribution is -0.403. The molecular formula is C45H75N3O35. The number of ether oxygens (including phenoxy) is 11. The summed E-state index contributed by atoms with van der Waals surface area (Å²) in [5, 5.41) is 222. The van der Waals surface area contributed by atoms with Crippen LogP contribution in [0.4, 0.5) is 0 Å². The Morgan fingerprint density at radius 2 is 0.952 bits per heavy atom. The maximum absolute atomic E-state index is 13.6. The Hall–Kier alpha value is -3.32. The number of carbonyl (C=O) groups excluding carboxylic acids is 3. The normalized spacial score (nSPS) is 45.8. The van der Waals surface area contributed by atoms with E-state index in [1.165, 1.54) is 0 Å². The maximum atomic E-state index is 13.6. The highest BCUT2D eigenvalue weighted by molar-refractivity contribution is 5.78. The van der Waals surface area contributed by atoms with Crippen molar-refractivity contribution in [2.45, 2.75) is 210 Å². The van der Waals surface area contributed by atoms with E-state index in [1.807, 2.05) is 0 Å². The van der Waals surface area contributed by atoms with Gasteiger partial charge in [0.25, 0.3) is 5.79 Å². The summed E-state index contributed by atoms with van der Waals surface area (Å²) in [4.78, 5) is 51.3. The van der Waals surface area contributed by atoms with Crippen LogP contribution in [0.5, 0.6) is 0 Å². The molecule has 480 valence electrons. The van der Waals surface area contributed by atoms with Crippen molar-refractivity contribution in [1.82, 2.24) is 16.0 Å². The van der Waals surface area contributed by atoms with Gasteiger partial charge in [0.2, 0.25) is 17.7 Å². The van der Waals surface area contributed by atoms with Crippen LogP contribution in [-0.4, -0.2) is 362 Å². The number of carboxylic acid groups (broad SMARTS) is 1. The minimum Gasteiger partial charge on any atom is -0.477 e. The molecule has 6 fully saturated rings. The summed E-state index contributed by atoms with van der Waals surface area (Å²) >= 11 is 0. The number of aliphatic hydroxyl groups is 19. The lowest BCUT2D eigenvalue weighted by Crippen LogP contribution is -2.72. The SMILES string of the molecule is CC(=O)N[C@H]1[C@H](O[C@H]2[C@@H](O)[C@@H](CO)O[C@@H](O[C@H]3[C@@H](O)[C@@H](CO)O[C@@H](O[C@@H]4[C@H](O[C@]5(C(=O)O)C[C@H](O)[C@@H](NC(=O)CO)[C@H]([C@H](O)[C@H](O)CO)O5)[C@@H](O)[C@H](O[C@H]5[C@H](O)[C@@H](O)[C@H](O)O[C@@H]5CO)O[C@@H]4CO)[C@@H]3NC(C)=O)[C@@H]2O)O[C@H](CO)[C@@H](O)[C@@H]1O. The highest BCUT2D eigenvalue weighted by Gasteiger charge is 2.62. The summed E-state index contributed by atoms with van der Waals surface area (Å²) in [6.07, 6.45) is -58.8. The van der Waals surface area contributed by atoms with E-state index >= 15 is 0 Å². The van der Waals surface area contributed by atoms with E-state index in [4.69, 9.17) is 52.1 Å². The third-order valence-electron chi connectivity index (χ3n) is 14.7. The maximum Gasteiger partial charge on any atom is 0.364 e. The van der Waals surface area contributed by atoms with E-state index in [2.05, 4.69) is 16.0 Å². The number of nitrogens with one attached hydrogen (secondary N) is 3. The summed E-state index contributed by atoms with van der Waals surface area (Å²) in [5.41, 5.74) is 0. The van der Waals surface area contributed by atoms with E-state index in [0.717, 1.165) is 13.8 Å². The number of carbonyl (C=O) groups is 4. The van der Waals surface area contributed by atoms with Gasteiger partial charge in [-0.1, -0.05) is 0 Å². The standard InChI is InChI=1S/C45H75N3O35/c1-11(56)46-22-28(65)25(62)15(5-50)74-40(22)81-37-27(64)17(7-52)76-42(31(37)68)80-35-23(47-12(2)57)41(75-16(6-51)26(35)63)79-34-19(9-54)77-43(78-33-18(8-53)73-39(70)30(67)29(33)66)32(69)38(34)83-45(44(71)72)3-13(58)21(48-20(60)10-55)36(82-45)24(61)14(59)4-49/h13-19,21-43,49-55,58-59,61-70H,3-10H2,1-2H3,(H,46,56)(H,47,57)(H,48,60)(H,71,72)/t13-,14+,15+,16+,17+,18+,19+,21+,22+,23+,24+,25+,26-,27-,28+,29+,30+,31+,32+,33+,34-,35+,36+,37-,38+,39+,40-,41-,42-,43-,45-/m0/s1. The second-order valence-corrected chi connectivity index (χ2v) is 20.4. The largest absolute Gasteiger partial charge is 0.477 e. The highest BCUT2D eigenvalue weighted by atomic mass is 16.8. The van der Waals surface area contributed by atoms with E-state index in [0.29, 0.717) is 0 Å². The number of carboxylic acids is 1. The van der Waals surface area contributed by atoms with Crippen molar-refractivity contribution >= 4 is 23.7 Å². The molecule has 0 aromatic heterocycles. The van der Waals surface area contributed by atoms with Gasteiger partial charge < -0.3 is 170 Å². The predicted molar refractivity (Wildman–Crippen MR) is 253 cm³/mol. The number of aliphatic hydroxyl groups excluding tert-OH is 19. The van der Waals surface area contributed by atoms with Gasteiger partial charge in [-0.05, 0) is 0 Å². The van der Waals surface area contributed by atoms with E-state index in [9.17, 15) is 121 Å². The number of aliphatic carboxylic acids is 1. The molecule has 6 aliphatic rings. The van der Waals surface area contributed by atoms with Crippen LogP contribution in [0.25, 0.3) is 0 Å². The van der Waals surface area contributed by atoms with Crippen LogP contribution in [0.1, 0.15) is 20.3 Å². The van der Waals surface area contributed by atoms with Crippen LogP contribution in [0.3, 0.4) is 0 Å². The third kappa shape index (κ3) is 15.0. The first-order chi connectivity index (χ1) is 39.1. The Morgan fingerprint density at radius 1 is 0.494 bits per heavy atom. The Balaban J connectivity index is 1.41. The Morgan fingerprint density at radius 3 is 1.48 bits per heavy atom. The first-order valence-corrected chi connectivity index (χ1v) is 25.9. The lowest BCUT2D eigenvalue weighted by atomic mass is 9.88. The molecule has 6 heterocycles. The summed E-state index contributed by atoms with van der Waals surface area (Å²) in [6, 6.07) is -5.62. The topological polar surface area (TPSA) is 611 Å². The average molecular weight is 1220 g/mol. The third-order valence-corrected chi connectivity index (χ3v) is 14.7. The molecule has 0 aliphatic carbocycles. The van der Waals surface area contributed by atoms with Crippen molar-refractivity contribution in [3.8, 4) is 0 Å². The average Bonchev–Trinajstić information content (AvgIpc) is 3.39. The molecule has 38 nitrogen and oxygen atoms in total. The molecule has 6 rings (SSSR count). The molecule has 38 heteroatoms. The van der Waals surface area contributed by atoms with Crippen molar-refractivity contribution in [2.24, 2.45) is 0 Å². The zero-order valence-corrected chi connectivity index (χ0v) is 44.0. The van der Waals surface area contributed by atoms with Crippen LogP contribution in [0.2, 0.25) is 0 Å². The number of hydrogen-bond acceptors (Lipinski definition) is 34. The molecule has 3 amide bonds. The van der Waals surface area contributed by atoms with E-state index < -0.39 is 266 Å². The van der Waals surface area contributed by atoms with Crippen molar-refractivity contribution in [2.75, 3.05) is 46.2 Å². The minimum atomic E-state index is -3.46. The summed E-state index contributed by atoms with van der Waals surface area (Å²) in [5.74, 6) is -8.74. The van der Waals surface area contributed by atoms with Crippen LogP contribution in [0, 0.1) is 0 Å². The second-order valence-electron chi connectivity index (χ2n) is 20.4. The van der Waals surface area contributed by atoms with Gasteiger partial charge in [-0.25, -0.2) is 4.79 Å². The molecule has 0 radical (unpaired) electrons.